The van der Waals surface area contributed by atoms with E-state index < -0.39 is 17.2 Å². The third kappa shape index (κ3) is 5.85. The average Bonchev–Trinajstić information content (AvgIpc) is 3.41. The van der Waals surface area contributed by atoms with Gasteiger partial charge in [0, 0.05) is 18.7 Å². The lowest BCUT2D eigenvalue weighted by atomic mass is 10.1. The minimum absolute atomic E-state index is 0.0327. The zero-order valence-corrected chi connectivity index (χ0v) is 20.4. The van der Waals surface area contributed by atoms with Crippen molar-refractivity contribution in [2.75, 3.05) is 30.4 Å². The van der Waals surface area contributed by atoms with Gasteiger partial charge in [-0.25, -0.2) is 4.79 Å². The maximum Gasteiger partial charge on any atom is 0.330 e. The Bertz CT molecular complexity index is 1300. The Kier molecular flexibility index (Phi) is 8.22. The van der Waals surface area contributed by atoms with Gasteiger partial charge in [0.1, 0.15) is 18.2 Å². The van der Waals surface area contributed by atoms with Crippen molar-refractivity contribution in [3.05, 3.63) is 86.6 Å². The Hall–Kier alpha value is -3.85. The van der Waals surface area contributed by atoms with E-state index in [-0.39, 0.29) is 30.7 Å². The van der Waals surface area contributed by atoms with Crippen molar-refractivity contribution in [2.45, 2.75) is 45.3 Å². The first-order valence-corrected chi connectivity index (χ1v) is 12.3. The number of nitrogens with zero attached hydrogens (tertiary/aromatic N) is 2. The highest BCUT2D eigenvalue weighted by molar-refractivity contribution is 6.07. The van der Waals surface area contributed by atoms with Crippen molar-refractivity contribution in [3.8, 4) is 5.75 Å². The predicted octanol–water partition coefficient (Wildman–Crippen LogP) is 3.17. The van der Waals surface area contributed by atoms with Crippen LogP contribution in [0.25, 0.3) is 0 Å². The SMILES string of the molecule is CCCCN(C(=O)c1cccc(OCC2CCCO2)c1)c1c(N)n(Cc2ccccc2)c(=O)[nH]c1=O. The number of amides is 1. The van der Waals surface area contributed by atoms with Crippen molar-refractivity contribution in [3.63, 3.8) is 0 Å². The summed E-state index contributed by atoms with van der Waals surface area (Å²) in [5, 5.41) is 0. The van der Waals surface area contributed by atoms with E-state index in [1.165, 1.54) is 9.47 Å². The van der Waals surface area contributed by atoms with Crippen molar-refractivity contribution in [2.24, 2.45) is 0 Å². The minimum Gasteiger partial charge on any atom is -0.491 e. The number of nitrogens with two attached hydrogens (primary N) is 1. The number of H-pyrrole nitrogens is 1. The third-order valence-corrected chi connectivity index (χ3v) is 6.19. The number of rotatable bonds is 10. The number of carbonyl (C=O) groups excluding carboxylic acids is 1. The summed E-state index contributed by atoms with van der Waals surface area (Å²) in [6.45, 7) is 3.58. The average molecular weight is 493 g/mol. The first kappa shape index (κ1) is 25.2. The van der Waals surface area contributed by atoms with Crippen LogP contribution < -0.4 is 26.6 Å². The second kappa shape index (κ2) is 11.7. The lowest BCUT2D eigenvalue weighted by molar-refractivity contribution is 0.0679. The molecule has 1 unspecified atom stereocenters. The monoisotopic (exact) mass is 492 g/mol. The fourth-order valence-electron chi connectivity index (χ4n) is 4.23. The molecule has 1 atom stereocenters. The predicted molar refractivity (Wildman–Crippen MR) is 139 cm³/mol. The summed E-state index contributed by atoms with van der Waals surface area (Å²) in [7, 11) is 0. The van der Waals surface area contributed by atoms with Crippen LogP contribution in [0.4, 0.5) is 11.5 Å². The van der Waals surface area contributed by atoms with E-state index in [4.69, 9.17) is 15.2 Å². The number of unbranched alkanes of at least 4 members (excludes halogenated alkanes) is 1. The molecular formula is C27H32N4O5. The second-order valence-electron chi connectivity index (χ2n) is 8.85. The molecule has 36 heavy (non-hydrogen) atoms. The summed E-state index contributed by atoms with van der Waals surface area (Å²) in [4.78, 5) is 42.9. The number of carbonyl (C=O) groups is 1. The van der Waals surface area contributed by atoms with E-state index in [9.17, 15) is 14.4 Å². The van der Waals surface area contributed by atoms with Crippen molar-refractivity contribution in [1.82, 2.24) is 9.55 Å². The van der Waals surface area contributed by atoms with E-state index >= 15 is 0 Å². The van der Waals surface area contributed by atoms with E-state index in [0.717, 1.165) is 31.4 Å². The molecule has 9 heteroatoms. The number of benzene rings is 2. The molecule has 0 bridgehead atoms. The molecule has 1 aliphatic rings. The zero-order valence-electron chi connectivity index (χ0n) is 20.4. The van der Waals surface area contributed by atoms with Gasteiger partial charge in [0.25, 0.3) is 11.5 Å². The number of hydrogen-bond acceptors (Lipinski definition) is 6. The van der Waals surface area contributed by atoms with Crippen LogP contribution in [-0.2, 0) is 11.3 Å². The number of nitrogen functional groups attached to an aromatic ring is 1. The molecule has 0 saturated carbocycles. The van der Waals surface area contributed by atoms with Crippen molar-refractivity contribution < 1.29 is 14.3 Å². The minimum atomic E-state index is -0.697. The van der Waals surface area contributed by atoms with Crippen LogP contribution in [0.3, 0.4) is 0 Å². The Morgan fingerprint density at radius 1 is 1.19 bits per heavy atom. The largest absolute Gasteiger partial charge is 0.491 e. The molecule has 0 spiro atoms. The van der Waals surface area contributed by atoms with Crippen LogP contribution in [0.15, 0.2) is 64.2 Å². The van der Waals surface area contributed by atoms with Gasteiger partial charge in [0.15, 0.2) is 5.69 Å². The number of hydrogen-bond donors (Lipinski definition) is 2. The Balaban J connectivity index is 1.66. The summed E-state index contributed by atoms with van der Waals surface area (Å²) in [6.07, 6.45) is 3.47. The number of nitrogens with one attached hydrogen (secondary N) is 1. The van der Waals surface area contributed by atoms with Gasteiger partial charge in [0.2, 0.25) is 0 Å². The van der Waals surface area contributed by atoms with Gasteiger partial charge in [-0.3, -0.25) is 19.1 Å². The molecule has 0 aliphatic carbocycles. The molecule has 9 nitrogen and oxygen atoms in total. The van der Waals surface area contributed by atoms with Crippen LogP contribution in [0.1, 0.15) is 48.5 Å². The van der Waals surface area contributed by atoms with Gasteiger partial charge in [-0.05, 0) is 43.0 Å². The maximum atomic E-state index is 13.7. The zero-order chi connectivity index (χ0) is 25.5. The molecular weight excluding hydrogens is 460 g/mol. The van der Waals surface area contributed by atoms with Crippen LogP contribution >= 0.6 is 0 Å². The molecule has 2 aromatic carbocycles. The molecule has 3 aromatic rings. The molecule has 1 fully saturated rings. The summed E-state index contributed by atoms with van der Waals surface area (Å²) < 4.78 is 12.7. The topological polar surface area (TPSA) is 120 Å². The van der Waals surface area contributed by atoms with E-state index in [2.05, 4.69) is 4.98 Å². The van der Waals surface area contributed by atoms with E-state index in [1.807, 2.05) is 37.3 Å². The first-order valence-electron chi connectivity index (χ1n) is 12.3. The quantitative estimate of drug-likeness (QED) is 0.449. The number of aromatic nitrogens is 2. The third-order valence-electron chi connectivity index (χ3n) is 6.19. The van der Waals surface area contributed by atoms with Crippen molar-refractivity contribution in [1.29, 1.82) is 0 Å². The summed E-state index contributed by atoms with van der Waals surface area (Å²) in [5.74, 6) is 0.0960. The Morgan fingerprint density at radius 3 is 2.72 bits per heavy atom. The van der Waals surface area contributed by atoms with Gasteiger partial charge >= 0.3 is 5.69 Å². The molecule has 1 amide bonds. The van der Waals surface area contributed by atoms with Crippen LogP contribution in [0.2, 0.25) is 0 Å². The van der Waals surface area contributed by atoms with Crippen LogP contribution in [0.5, 0.6) is 5.75 Å². The Labute approximate surface area is 209 Å². The normalized spacial score (nSPS) is 15.1. The highest BCUT2D eigenvalue weighted by Gasteiger charge is 2.25. The highest BCUT2D eigenvalue weighted by atomic mass is 16.5. The van der Waals surface area contributed by atoms with Crippen LogP contribution in [-0.4, -0.2) is 41.3 Å². The van der Waals surface area contributed by atoms with E-state index in [0.29, 0.717) is 24.3 Å². The highest BCUT2D eigenvalue weighted by Crippen LogP contribution is 2.23. The molecule has 2 heterocycles. The molecule has 0 radical (unpaired) electrons. The number of anilines is 2. The molecule has 4 rings (SSSR count). The summed E-state index contributed by atoms with van der Waals surface area (Å²) >= 11 is 0. The fraction of sp³-hybridized carbons (Fsp3) is 0.370. The molecule has 1 aliphatic heterocycles. The second-order valence-corrected chi connectivity index (χ2v) is 8.85. The fourth-order valence-corrected chi connectivity index (χ4v) is 4.23. The standard InChI is InChI=1S/C27H32N4O5/c1-2-3-14-30(26(33)20-11-7-12-21(16-20)36-18-22-13-8-15-35-22)23-24(28)31(27(34)29-25(23)32)17-19-9-5-4-6-10-19/h4-7,9-12,16,22H,2-3,8,13-15,17-18,28H2,1H3,(H,29,32,34). The molecule has 3 N–H and O–H groups in total. The van der Waals surface area contributed by atoms with Gasteiger partial charge in [-0.2, -0.15) is 0 Å². The number of ether oxygens (including phenoxy) is 2. The summed E-state index contributed by atoms with van der Waals surface area (Å²) in [6, 6.07) is 16.1. The van der Waals surface area contributed by atoms with Gasteiger partial charge in [-0.15, -0.1) is 0 Å². The van der Waals surface area contributed by atoms with E-state index in [1.54, 1.807) is 24.3 Å². The smallest absolute Gasteiger partial charge is 0.330 e. The molecule has 1 saturated heterocycles. The van der Waals surface area contributed by atoms with Crippen molar-refractivity contribution >= 4 is 17.4 Å². The van der Waals surface area contributed by atoms with Crippen LogP contribution in [0, 0.1) is 0 Å². The number of aromatic amines is 1. The lowest BCUT2D eigenvalue weighted by Gasteiger charge is -2.25. The Morgan fingerprint density at radius 2 is 2.00 bits per heavy atom. The molecule has 190 valence electrons. The van der Waals surface area contributed by atoms with Gasteiger partial charge in [0.05, 0.1) is 12.6 Å². The van der Waals surface area contributed by atoms with Gasteiger partial charge in [-0.1, -0.05) is 49.7 Å². The maximum absolute atomic E-state index is 13.7. The summed E-state index contributed by atoms with van der Waals surface area (Å²) in [5.41, 5.74) is 6.22. The molecule has 1 aromatic heterocycles. The first-order chi connectivity index (χ1) is 17.5. The lowest BCUT2D eigenvalue weighted by Crippen LogP contribution is -2.41. The van der Waals surface area contributed by atoms with Gasteiger partial charge < -0.3 is 20.1 Å².